The fraction of sp³-hybridized carbons (Fsp3) is 0.826. The van der Waals surface area contributed by atoms with E-state index in [2.05, 4.69) is 10.1 Å². The van der Waals surface area contributed by atoms with E-state index in [1.165, 1.54) is 7.11 Å². The number of esters is 3. The van der Waals surface area contributed by atoms with Crippen LogP contribution < -0.4 is 5.32 Å². The molecule has 0 radical (unpaired) electrons. The van der Waals surface area contributed by atoms with Crippen molar-refractivity contribution in [3.8, 4) is 0 Å². The van der Waals surface area contributed by atoms with Crippen molar-refractivity contribution < 1.29 is 38.1 Å². The molecule has 0 aromatic carbocycles. The number of carbonyl (C=O) groups excluding carboxylic acids is 4. The van der Waals surface area contributed by atoms with E-state index < -0.39 is 40.3 Å². The molecule has 32 heavy (non-hydrogen) atoms. The smallest absolute Gasteiger partial charge is 0.343 e. The van der Waals surface area contributed by atoms with Crippen LogP contribution in [-0.2, 0) is 38.1 Å². The Bertz CT molecular complexity index is 870. The maximum absolute atomic E-state index is 13.3. The van der Waals surface area contributed by atoms with Crippen LogP contribution in [0.5, 0.6) is 0 Å². The van der Waals surface area contributed by atoms with Gasteiger partial charge < -0.3 is 24.3 Å². The highest BCUT2D eigenvalue weighted by Gasteiger charge is 3.00. The highest BCUT2D eigenvalue weighted by molar-refractivity contribution is 6.02. The van der Waals surface area contributed by atoms with E-state index in [0.717, 1.165) is 6.42 Å². The number of epoxide rings is 1. The summed E-state index contributed by atoms with van der Waals surface area (Å²) in [4.78, 5) is 50.8. The molecular weight excluding hydrogens is 418 g/mol. The van der Waals surface area contributed by atoms with Gasteiger partial charge in [0.05, 0.1) is 7.11 Å². The van der Waals surface area contributed by atoms with Crippen LogP contribution in [0, 0.1) is 29.6 Å². The minimum atomic E-state index is -1.41. The number of ether oxygens (including phenoxy) is 4. The van der Waals surface area contributed by atoms with E-state index in [0.29, 0.717) is 6.42 Å². The molecule has 1 aliphatic heterocycles. The average Bonchev–Trinajstić information content (AvgIpc) is 2.90. The fourth-order valence-corrected chi connectivity index (χ4v) is 6.29. The molecule has 2 bridgehead atoms. The number of hydrogen-bond acceptors (Lipinski definition) is 8. The molecule has 4 fully saturated rings. The number of amides is 1. The standard InChI is InChI=1S/C23H33NO8/c1-20(2,3)30-18(27)22-15-11-8-12(13(9-11)17(26)24-10-14(25)29-7)16(15)23(22,32-22)19(28)31-21(4,5)6/h11-13,15-16H,8-10H2,1-7H3,(H,24,26)/t11-,12+,13-,15-,16+,22-,23+/m0/s1. The molecule has 1 saturated heterocycles. The number of hydrogen-bond donors (Lipinski definition) is 1. The SMILES string of the molecule is COC(=O)CNC(=O)[C@H]1C[C@@H]2C[C@H]1[C@@H]1[C@H]2[C@@]2(C(=O)OC(C)(C)C)O[C@@]12C(=O)OC(C)(C)C. The molecule has 4 aliphatic rings. The van der Waals surface area contributed by atoms with Crippen molar-refractivity contribution in [2.75, 3.05) is 13.7 Å². The van der Waals surface area contributed by atoms with E-state index in [1.54, 1.807) is 41.5 Å². The molecule has 4 rings (SSSR count). The minimum Gasteiger partial charge on any atom is -0.468 e. The normalized spacial score (nSPS) is 38.7. The molecule has 3 aliphatic carbocycles. The van der Waals surface area contributed by atoms with Crippen LogP contribution in [0.2, 0.25) is 0 Å². The first-order valence-electron chi connectivity index (χ1n) is 11.2. The zero-order valence-electron chi connectivity index (χ0n) is 19.8. The Morgan fingerprint density at radius 3 is 1.94 bits per heavy atom. The Balaban J connectivity index is 1.59. The van der Waals surface area contributed by atoms with E-state index in [4.69, 9.17) is 14.2 Å². The van der Waals surface area contributed by atoms with Crippen molar-refractivity contribution in [2.45, 2.75) is 76.8 Å². The third-order valence-corrected chi connectivity index (χ3v) is 7.15. The van der Waals surface area contributed by atoms with Gasteiger partial charge in [0.2, 0.25) is 17.1 Å². The summed E-state index contributed by atoms with van der Waals surface area (Å²) in [5, 5.41) is 2.63. The minimum absolute atomic E-state index is 0.0597. The lowest BCUT2D eigenvalue weighted by Gasteiger charge is -2.48. The largest absolute Gasteiger partial charge is 0.468 e. The zero-order chi connectivity index (χ0) is 23.9. The molecule has 7 atom stereocenters. The molecule has 178 valence electrons. The molecule has 9 nitrogen and oxygen atoms in total. The zero-order valence-corrected chi connectivity index (χ0v) is 19.8. The van der Waals surface area contributed by atoms with Gasteiger partial charge in [-0.1, -0.05) is 0 Å². The molecule has 0 unspecified atom stereocenters. The monoisotopic (exact) mass is 451 g/mol. The van der Waals surface area contributed by atoms with E-state index >= 15 is 0 Å². The topological polar surface area (TPSA) is 121 Å². The van der Waals surface area contributed by atoms with Crippen LogP contribution in [0.3, 0.4) is 0 Å². The van der Waals surface area contributed by atoms with Crippen molar-refractivity contribution >= 4 is 23.8 Å². The Morgan fingerprint density at radius 2 is 1.44 bits per heavy atom. The highest BCUT2D eigenvalue weighted by Crippen LogP contribution is 2.82. The summed E-state index contributed by atoms with van der Waals surface area (Å²) in [6, 6.07) is 0. The summed E-state index contributed by atoms with van der Waals surface area (Å²) in [6.07, 6.45) is 1.31. The summed E-state index contributed by atoms with van der Waals surface area (Å²) in [6.45, 7) is 10.4. The Kier molecular flexibility index (Phi) is 4.98. The number of methoxy groups -OCH3 is 1. The predicted molar refractivity (Wildman–Crippen MR) is 110 cm³/mol. The highest BCUT2D eigenvalue weighted by atomic mass is 16.7. The van der Waals surface area contributed by atoms with E-state index in [9.17, 15) is 19.2 Å². The molecule has 0 aromatic rings. The first kappa shape index (κ1) is 23.0. The lowest BCUT2D eigenvalue weighted by Crippen LogP contribution is -2.67. The molecule has 1 N–H and O–H groups in total. The van der Waals surface area contributed by atoms with Crippen molar-refractivity contribution in [1.29, 1.82) is 0 Å². The number of nitrogens with one attached hydrogen (secondary N) is 1. The molecule has 9 heteroatoms. The van der Waals surface area contributed by atoms with Gasteiger partial charge >= 0.3 is 17.9 Å². The van der Waals surface area contributed by atoms with Crippen LogP contribution in [0.25, 0.3) is 0 Å². The van der Waals surface area contributed by atoms with E-state index in [1.807, 2.05) is 0 Å². The van der Waals surface area contributed by atoms with Gasteiger partial charge in [0.25, 0.3) is 0 Å². The first-order valence-corrected chi connectivity index (χ1v) is 11.2. The average molecular weight is 452 g/mol. The van der Waals surface area contributed by atoms with Gasteiger partial charge in [-0.05, 0) is 66.2 Å². The van der Waals surface area contributed by atoms with Gasteiger partial charge in [0.15, 0.2) is 0 Å². The Labute approximate surface area is 187 Å². The van der Waals surface area contributed by atoms with Gasteiger partial charge in [-0.25, -0.2) is 9.59 Å². The Morgan fingerprint density at radius 1 is 0.906 bits per heavy atom. The van der Waals surface area contributed by atoms with Crippen molar-refractivity contribution in [2.24, 2.45) is 29.6 Å². The third kappa shape index (κ3) is 3.15. The second-order valence-corrected chi connectivity index (χ2v) is 11.4. The quantitative estimate of drug-likeness (QED) is 0.378. The molecule has 0 spiro atoms. The number of fused-ring (bicyclic) bond motifs is 8. The van der Waals surface area contributed by atoms with E-state index in [-0.39, 0.29) is 42.0 Å². The summed E-state index contributed by atoms with van der Waals surface area (Å²) >= 11 is 0. The lowest BCUT2D eigenvalue weighted by atomic mass is 9.50. The predicted octanol–water partition coefficient (Wildman–Crippen LogP) is 1.37. The van der Waals surface area contributed by atoms with Crippen LogP contribution in [0.1, 0.15) is 54.4 Å². The van der Waals surface area contributed by atoms with Crippen LogP contribution in [0.15, 0.2) is 0 Å². The summed E-state index contributed by atoms with van der Waals surface area (Å²) in [5.41, 5.74) is -4.22. The van der Waals surface area contributed by atoms with Crippen LogP contribution >= 0.6 is 0 Å². The van der Waals surface area contributed by atoms with Gasteiger partial charge in [-0.2, -0.15) is 0 Å². The van der Waals surface area contributed by atoms with Crippen LogP contribution in [0.4, 0.5) is 0 Å². The number of rotatable bonds is 5. The summed E-state index contributed by atoms with van der Waals surface area (Å²) in [5.74, 6) is -2.77. The number of carbonyl (C=O) groups is 4. The second-order valence-electron chi connectivity index (χ2n) is 11.4. The van der Waals surface area contributed by atoms with Crippen molar-refractivity contribution in [3.63, 3.8) is 0 Å². The molecule has 1 heterocycles. The Hall–Kier alpha value is -2.16. The summed E-state index contributed by atoms with van der Waals surface area (Å²) in [7, 11) is 1.26. The van der Waals surface area contributed by atoms with Crippen molar-refractivity contribution in [1.82, 2.24) is 5.32 Å². The fourth-order valence-electron chi connectivity index (χ4n) is 6.29. The maximum atomic E-state index is 13.3. The molecule has 3 saturated carbocycles. The molecular formula is C23H33NO8. The van der Waals surface area contributed by atoms with Crippen LogP contribution in [-0.4, -0.2) is 59.9 Å². The van der Waals surface area contributed by atoms with Gasteiger partial charge in [-0.15, -0.1) is 0 Å². The molecule has 0 aromatic heterocycles. The third-order valence-electron chi connectivity index (χ3n) is 7.15. The van der Waals surface area contributed by atoms with Gasteiger partial charge in [0, 0.05) is 17.8 Å². The van der Waals surface area contributed by atoms with Crippen molar-refractivity contribution in [3.05, 3.63) is 0 Å². The molecule has 1 amide bonds. The first-order chi connectivity index (χ1) is 14.7. The lowest BCUT2D eigenvalue weighted by molar-refractivity contribution is -0.181. The maximum Gasteiger partial charge on any atom is 0.343 e. The van der Waals surface area contributed by atoms with Gasteiger partial charge in [0.1, 0.15) is 17.7 Å². The van der Waals surface area contributed by atoms with Gasteiger partial charge in [-0.3, -0.25) is 9.59 Å². The second kappa shape index (κ2) is 6.92. The summed E-state index contributed by atoms with van der Waals surface area (Å²) < 4.78 is 22.0.